The third kappa shape index (κ3) is 4.57. The van der Waals surface area contributed by atoms with Gasteiger partial charge in [-0.05, 0) is 26.0 Å². The highest BCUT2D eigenvalue weighted by Crippen LogP contribution is 2.24. The summed E-state index contributed by atoms with van der Waals surface area (Å²) in [6, 6.07) is 6.41. The molecule has 1 aromatic carbocycles. The van der Waals surface area contributed by atoms with E-state index in [1.807, 2.05) is 25.1 Å². The smallest absolute Gasteiger partial charge is 0.223 e. The van der Waals surface area contributed by atoms with E-state index in [-0.39, 0.29) is 5.95 Å². The van der Waals surface area contributed by atoms with Crippen molar-refractivity contribution in [2.24, 2.45) is 0 Å². The molecule has 3 aromatic rings. The number of anilines is 4. The SMILES string of the molecule is C/C=C/c1cc(Nc2cc(NC(C)c3ccc(F)cc3F)nc(N)n2)n[nH]1. The molecule has 27 heavy (non-hydrogen) atoms. The summed E-state index contributed by atoms with van der Waals surface area (Å²) in [7, 11) is 0. The van der Waals surface area contributed by atoms with E-state index in [0.29, 0.717) is 23.0 Å². The minimum absolute atomic E-state index is 0.0403. The van der Waals surface area contributed by atoms with Crippen molar-refractivity contribution in [2.45, 2.75) is 19.9 Å². The van der Waals surface area contributed by atoms with Crippen molar-refractivity contribution >= 4 is 29.5 Å². The van der Waals surface area contributed by atoms with Gasteiger partial charge in [-0.1, -0.05) is 12.1 Å². The zero-order valence-electron chi connectivity index (χ0n) is 14.8. The van der Waals surface area contributed by atoms with Crippen LogP contribution < -0.4 is 16.4 Å². The molecule has 0 radical (unpaired) electrons. The first-order chi connectivity index (χ1) is 12.9. The third-order valence-corrected chi connectivity index (χ3v) is 3.74. The van der Waals surface area contributed by atoms with E-state index in [1.54, 1.807) is 13.0 Å². The first-order valence-electron chi connectivity index (χ1n) is 8.26. The van der Waals surface area contributed by atoms with E-state index >= 15 is 0 Å². The summed E-state index contributed by atoms with van der Waals surface area (Å²) in [6.07, 6.45) is 3.76. The first-order valence-corrected chi connectivity index (χ1v) is 8.26. The fourth-order valence-corrected chi connectivity index (χ4v) is 2.55. The van der Waals surface area contributed by atoms with Gasteiger partial charge in [-0.3, -0.25) is 5.10 Å². The third-order valence-electron chi connectivity index (χ3n) is 3.74. The highest BCUT2D eigenvalue weighted by atomic mass is 19.1. The van der Waals surface area contributed by atoms with Crippen molar-refractivity contribution in [3.8, 4) is 0 Å². The van der Waals surface area contributed by atoms with Crippen molar-refractivity contribution in [3.05, 3.63) is 59.3 Å². The maximum Gasteiger partial charge on any atom is 0.223 e. The summed E-state index contributed by atoms with van der Waals surface area (Å²) < 4.78 is 27.0. The van der Waals surface area contributed by atoms with Gasteiger partial charge in [0.2, 0.25) is 5.95 Å². The van der Waals surface area contributed by atoms with Gasteiger partial charge in [-0.25, -0.2) is 8.78 Å². The number of hydrogen-bond acceptors (Lipinski definition) is 6. The molecule has 1 atom stereocenters. The molecule has 0 amide bonds. The van der Waals surface area contributed by atoms with Gasteiger partial charge in [0, 0.05) is 23.8 Å². The average Bonchev–Trinajstić information content (AvgIpc) is 3.01. The number of aromatic amines is 1. The lowest BCUT2D eigenvalue weighted by atomic mass is 10.1. The molecule has 0 saturated heterocycles. The van der Waals surface area contributed by atoms with Crippen molar-refractivity contribution in [1.82, 2.24) is 20.2 Å². The molecule has 5 N–H and O–H groups in total. The number of nitrogen functional groups attached to an aromatic ring is 1. The molecule has 0 spiro atoms. The molecule has 0 aliphatic rings. The maximum atomic E-state index is 13.9. The Labute approximate surface area is 154 Å². The summed E-state index contributed by atoms with van der Waals surface area (Å²) in [5, 5.41) is 13.0. The van der Waals surface area contributed by atoms with Crippen LogP contribution in [0.15, 0.2) is 36.4 Å². The van der Waals surface area contributed by atoms with Gasteiger partial charge in [-0.15, -0.1) is 0 Å². The van der Waals surface area contributed by atoms with Crippen LogP contribution in [0.3, 0.4) is 0 Å². The molecule has 0 bridgehead atoms. The lowest BCUT2D eigenvalue weighted by Gasteiger charge is -2.16. The maximum absolute atomic E-state index is 13.9. The molecular weight excluding hydrogens is 352 g/mol. The second-order valence-corrected chi connectivity index (χ2v) is 5.86. The summed E-state index contributed by atoms with van der Waals surface area (Å²) in [5.74, 6) is 0.157. The monoisotopic (exact) mass is 371 g/mol. The van der Waals surface area contributed by atoms with Gasteiger partial charge in [0.15, 0.2) is 5.82 Å². The number of nitrogens with zero attached hydrogens (tertiary/aromatic N) is 3. The molecule has 2 aromatic heterocycles. The van der Waals surface area contributed by atoms with Crippen LogP contribution in [0.5, 0.6) is 0 Å². The molecule has 1 unspecified atom stereocenters. The number of rotatable bonds is 6. The molecule has 2 heterocycles. The Morgan fingerprint density at radius 3 is 2.63 bits per heavy atom. The van der Waals surface area contributed by atoms with Crippen LogP contribution >= 0.6 is 0 Å². The predicted molar refractivity (Wildman–Crippen MR) is 101 cm³/mol. The predicted octanol–water partition coefficient (Wildman–Crippen LogP) is 4.01. The highest BCUT2D eigenvalue weighted by Gasteiger charge is 2.13. The lowest BCUT2D eigenvalue weighted by molar-refractivity contribution is 0.566. The Bertz CT molecular complexity index is 968. The van der Waals surface area contributed by atoms with Crippen molar-refractivity contribution in [3.63, 3.8) is 0 Å². The van der Waals surface area contributed by atoms with Gasteiger partial charge in [-0.2, -0.15) is 15.1 Å². The van der Waals surface area contributed by atoms with Crippen LogP contribution in [-0.4, -0.2) is 20.2 Å². The fourth-order valence-electron chi connectivity index (χ4n) is 2.55. The fraction of sp³-hybridized carbons (Fsp3) is 0.167. The van der Waals surface area contributed by atoms with Crippen LogP contribution in [0.25, 0.3) is 6.08 Å². The minimum atomic E-state index is -0.636. The number of hydrogen-bond donors (Lipinski definition) is 4. The standard InChI is InChI=1S/C18H19F2N7/c1-3-4-12-8-17(27-26-12)23-16-9-15(24-18(21)25-16)22-10(2)13-6-5-11(19)7-14(13)20/h3-10H,1-2H3,(H5,21,22,23,24,25,26,27)/b4-3+. The molecule has 0 fully saturated rings. The van der Waals surface area contributed by atoms with E-state index in [4.69, 9.17) is 5.73 Å². The van der Waals surface area contributed by atoms with Crippen molar-refractivity contribution in [2.75, 3.05) is 16.4 Å². The lowest BCUT2D eigenvalue weighted by Crippen LogP contribution is -2.12. The Morgan fingerprint density at radius 2 is 1.89 bits per heavy atom. The first kappa shape index (κ1) is 18.3. The molecule has 7 nitrogen and oxygen atoms in total. The largest absolute Gasteiger partial charge is 0.368 e. The van der Waals surface area contributed by atoms with E-state index in [0.717, 1.165) is 11.8 Å². The molecule has 3 rings (SSSR count). The zero-order chi connectivity index (χ0) is 19.4. The normalized spacial score (nSPS) is 12.3. The molecule has 0 aliphatic heterocycles. The van der Waals surface area contributed by atoms with Crippen LogP contribution in [0.2, 0.25) is 0 Å². The summed E-state index contributed by atoms with van der Waals surface area (Å²) in [6.45, 7) is 3.64. The average molecular weight is 371 g/mol. The van der Waals surface area contributed by atoms with Crippen LogP contribution in [0, 0.1) is 11.6 Å². The quantitative estimate of drug-likeness (QED) is 0.522. The Balaban J connectivity index is 1.78. The minimum Gasteiger partial charge on any atom is -0.368 e. The number of H-pyrrole nitrogens is 1. The topological polar surface area (TPSA) is 105 Å². The molecule has 0 saturated carbocycles. The van der Waals surface area contributed by atoms with Crippen LogP contribution in [-0.2, 0) is 0 Å². The van der Waals surface area contributed by atoms with Gasteiger partial charge < -0.3 is 16.4 Å². The van der Waals surface area contributed by atoms with Crippen LogP contribution in [0.1, 0.15) is 31.1 Å². The van der Waals surface area contributed by atoms with E-state index in [1.165, 1.54) is 12.1 Å². The van der Waals surface area contributed by atoms with Gasteiger partial charge in [0.25, 0.3) is 0 Å². The molecular formula is C18H19F2N7. The van der Waals surface area contributed by atoms with Gasteiger partial charge >= 0.3 is 0 Å². The molecule has 0 aliphatic carbocycles. The number of aromatic nitrogens is 4. The summed E-state index contributed by atoms with van der Waals surface area (Å²) >= 11 is 0. The summed E-state index contributed by atoms with van der Waals surface area (Å²) in [5.41, 5.74) is 6.91. The van der Waals surface area contributed by atoms with Gasteiger partial charge in [0.05, 0.1) is 11.7 Å². The van der Waals surface area contributed by atoms with Gasteiger partial charge in [0.1, 0.15) is 23.3 Å². The van der Waals surface area contributed by atoms with E-state index in [9.17, 15) is 8.78 Å². The molecule has 140 valence electrons. The number of nitrogens with one attached hydrogen (secondary N) is 3. The number of benzene rings is 1. The Kier molecular flexibility index (Phi) is 5.30. The van der Waals surface area contributed by atoms with Crippen LogP contribution in [0.4, 0.5) is 32.2 Å². The number of allylic oxidation sites excluding steroid dienone is 1. The Hall–Kier alpha value is -3.49. The number of nitrogens with two attached hydrogens (primary N) is 1. The number of halogens is 2. The van der Waals surface area contributed by atoms with E-state index in [2.05, 4.69) is 30.8 Å². The zero-order valence-corrected chi connectivity index (χ0v) is 14.8. The molecule has 9 heteroatoms. The highest BCUT2D eigenvalue weighted by molar-refractivity contribution is 5.60. The second-order valence-electron chi connectivity index (χ2n) is 5.86. The van der Waals surface area contributed by atoms with Crippen molar-refractivity contribution in [1.29, 1.82) is 0 Å². The van der Waals surface area contributed by atoms with E-state index < -0.39 is 17.7 Å². The second kappa shape index (κ2) is 7.81. The Morgan fingerprint density at radius 1 is 1.11 bits per heavy atom. The summed E-state index contributed by atoms with van der Waals surface area (Å²) in [4.78, 5) is 8.22. The van der Waals surface area contributed by atoms with Crippen molar-refractivity contribution < 1.29 is 8.78 Å².